The topological polar surface area (TPSA) is 37.4 Å². The number of amides is 1. The maximum Gasteiger partial charge on any atom is 0.224 e. The number of nitrogens with zero attached hydrogens (tertiary/aromatic N) is 1. The molecule has 0 aliphatic heterocycles. The van der Waals surface area contributed by atoms with E-state index in [1.54, 1.807) is 11.8 Å². The Hall–Kier alpha value is -3.20. The molecule has 0 aliphatic carbocycles. The Morgan fingerprint density at radius 1 is 0.903 bits per heavy atom. The first-order valence-electron chi connectivity index (χ1n) is 10.9. The number of benzene rings is 3. The smallest absolute Gasteiger partial charge is 0.224 e. The minimum absolute atomic E-state index is 0.0154. The number of carbonyl (C=O) groups is 2. The summed E-state index contributed by atoms with van der Waals surface area (Å²) < 4.78 is 0. The number of rotatable bonds is 8. The maximum atomic E-state index is 13.3. The van der Waals surface area contributed by atoms with Gasteiger partial charge in [0.25, 0.3) is 0 Å². The summed E-state index contributed by atoms with van der Waals surface area (Å²) in [6.45, 7) is 8.38. The Bertz CT molecular complexity index is 1040. The van der Waals surface area contributed by atoms with Gasteiger partial charge in [0.15, 0.2) is 5.78 Å². The van der Waals surface area contributed by atoms with Gasteiger partial charge in [0.2, 0.25) is 5.91 Å². The van der Waals surface area contributed by atoms with Gasteiger partial charge in [0, 0.05) is 23.7 Å². The molecule has 0 saturated carbocycles. The van der Waals surface area contributed by atoms with Gasteiger partial charge in [-0.05, 0) is 48.9 Å². The standard InChI is InChI=1S/C28H31NO2/c1-20(2)10-13-23-14-17-27(28(31)24-8-6-5-7-9-24)25(18-23)19-29(22(4)30)26-15-11-21(3)12-16-26/h5-9,11-12,14-18,20H,10,13,19H2,1-4H3. The van der Waals surface area contributed by atoms with Crippen molar-refractivity contribution in [1.82, 2.24) is 0 Å². The van der Waals surface area contributed by atoms with Crippen molar-refractivity contribution < 1.29 is 9.59 Å². The van der Waals surface area contributed by atoms with Gasteiger partial charge >= 0.3 is 0 Å². The van der Waals surface area contributed by atoms with E-state index in [1.165, 1.54) is 5.56 Å². The second-order valence-electron chi connectivity index (χ2n) is 8.56. The number of carbonyl (C=O) groups excluding carboxylic acids is 2. The van der Waals surface area contributed by atoms with Crippen LogP contribution in [0.15, 0.2) is 72.8 Å². The van der Waals surface area contributed by atoms with Crippen molar-refractivity contribution in [1.29, 1.82) is 0 Å². The molecule has 1 amide bonds. The van der Waals surface area contributed by atoms with Crippen molar-refractivity contribution >= 4 is 17.4 Å². The van der Waals surface area contributed by atoms with Crippen molar-refractivity contribution in [2.75, 3.05) is 4.90 Å². The van der Waals surface area contributed by atoms with Crippen LogP contribution in [0.4, 0.5) is 5.69 Å². The van der Waals surface area contributed by atoms with E-state index in [2.05, 4.69) is 19.9 Å². The van der Waals surface area contributed by atoms with Gasteiger partial charge in [0.1, 0.15) is 0 Å². The summed E-state index contributed by atoms with van der Waals surface area (Å²) in [4.78, 5) is 27.5. The van der Waals surface area contributed by atoms with Crippen molar-refractivity contribution in [2.45, 2.75) is 47.1 Å². The zero-order chi connectivity index (χ0) is 22.4. The first-order chi connectivity index (χ1) is 14.8. The van der Waals surface area contributed by atoms with E-state index < -0.39 is 0 Å². The van der Waals surface area contributed by atoms with E-state index in [4.69, 9.17) is 0 Å². The van der Waals surface area contributed by atoms with Crippen molar-refractivity contribution in [2.24, 2.45) is 5.92 Å². The molecule has 0 aliphatic rings. The van der Waals surface area contributed by atoms with Crippen LogP contribution < -0.4 is 4.90 Å². The molecular weight excluding hydrogens is 382 g/mol. The number of hydrogen-bond acceptors (Lipinski definition) is 2. The van der Waals surface area contributed by atoms with Gasteiger partial charge in [-0.3, -0.25) is 9.59 Å². The Labute approximate surface area is 185 Å². The average molecular weight is 414 g/mol. The molecule has 160 valence electrons. The van der Waals surface area contributed by atoms with Gasteiger partial charge in [-0.1, -0.05) is 80.1 Å². The molecule has 0 unspecified atom stereocenters. The van der Waals surface area contributed by atoms with Crippen LogP contribution in [0.3, 0.4) is 0 Å². The minimum Gasteiger partial charge on any atom is -0.308 e. The summed E-state index contributed by atoms with van der Waals surface area (Å²) in [5.74, 6) is 0.545. The normalized spacial score (nSPS) is 10.9. The zero-order valence-electron chi connectivity index (χ0n) is 18.9. The van der Waals surface area contributed by atoms with Crippen LogP contribution in [0.25, 0.3) is 0 Å². The molecule has 0 radical (unpaired) electrons. The molecule has 3 heteroatoms. The number of ketones is 1. The summed E-state index contributed by atoms with van der Waals surface area (Å²) >= 11 is 0. The van der Waals surface area contributed by atoms with Crippen LogP contribution in [0.2, 0.25) is 0 Å². The molecule has 3 aromatic rings. The molecule has 0 N–H and O–H groups in total. The summed E-state index contributed by atoms with van der Waals surface area (Å²) in [5, 5.41) is 0. The molecule has 3 rings (SSSR count). The maximum absolute atomic E-state index is 13.3. The lowest BCUT2D eigenvalue weighted by atomic mass is 9.93. The largest absolute Gasteiger partial charge is 0.308 e. The van der Waals surface area contributed by atoms with Crippen LogP contribution in [-0.2, 0) is 17.8 Å². The van der Waals surface area contributed by atoms with E-state index in [-0.39, 0.29) is 11.7 Å². The lowest BCUT2D eigenvalue weighted by molar-refractivity contribution is -0.116. The Morgan fingerprint density at radius 3 is 2.19 bits per heavy atom. The van der Waals surface area contributed by atoms with Crippen LogP contribution >= 0.6 is 0 Å². The van der Waals surface area contributed by atoms with Gasteiger partial charge in [-0.15, -0.1) is 0 Å². The fraction of sp³-hybridized carbons (Fsp3) is 0.286. The molecule has 31 heavy (non-hydrogen) atoms. The predicted molar refractivity (Wildman–Crippen MR) is 128 cm³/mol. The third-order valence-corrected chi connectivity index (χ3v) is 5.51. The van der Waals surface area contributed by atoms with Crippen molar-refractivity contribution in [3.05, 3.63) is 101 Å². The summed E-state index contributed by atoms with van der Waals surface area (Å²) in [6.07, 6.45) is 2.04. The Balaban J connectivity index is 2.01. The zero-order valence-corrected chi connectivity index (χ0v) is 18.9. The first kappa shape index (κ1) is 22.5. The molecule has 0 heterocycles. The monoisotopic (exact) mass is 413 g/mol. The molecule has 0 bridgehead atoms. The quantitative estimate of drug-likeness (QED) is 0.403. The van der Waals surface area contributed by atoms with Crippen LogP contribution in [0.1, 0.15) is 59.8 Å². The fourth-order valence-electron chi connectivity index (χ4n) is 3.63. The molecule has 0 spiro atoms. The molecule has 0 saturated heterocycles. The van der Waals surface area contributed by atoms with Crippen molar-refractivity contribution in [3.63, 3.8) is 0 Å². The molecule has 0 fully saturated rings. The molecule has 0 atom stereocenters. The average Bonchev–Trinajstić information content (AvgIpc) is 2.77. The highest BCUT2D eigenvalue weighted by atomic mass is 16.2. The summed E-state index contributed by atoms with van der Waals surface area (Å²) in [5.41, 5.74) is 5.36. The van der Waals surface area contributed by atoms with Gasteiger partial charge < -0.3 is 4.90 Å². The van der Waals surface area contributed by atoms with Gasteiger partial charge in [-0.25, -0.2) is 0 Å². The first-order valence-corrected chi connectivity index (χ1v) is 10.9. The van der Waals surface area contributed by atoms with E-state index in [0.717, 1.165) is 29.7 Å². The third kappa shape index (κ3) is 5.91. The molecule has 3 nitrogen and oxygen atoms in total. The highest BCUT2D eigenvalue weighted by molar-refractivity contribution is 6.10. The van der Waals surface area contributed by atoms with Crippen LogP contribution in [0, 0.1) is 12.8 Å². The van der Waals surface area contributed by atoms with E-state index in [9.17, 15) is 9.59 Å². The van der Waals surface area contributed by atoms with Gasteiger partial charge in [0.05, 0.1) is 6.54 Å². The third-order valence-electron chi connectivity index (χ3n) is 5.51. The van der Waals surface area contributed by atoms with Crippen LogP contribution in [0.5, 0.6) is 0 Å². The molecule has 0 aromatic heterocycles. The highest BCUT2D eigenvalue weighted by Gasteiger charge is 2.19. The summed E-state index contributed by atoms with van der Waals surface area (Å²) in [6, 6.07) is 23.3. The fourth-order valence-corrected chi connectivity index (χ4v) is 3.63. The van der Waals surface area contributed by atoms with E-state index in [0.29, 0.717) is 23.6 Å². The molecular formula is C28H31NO2. The SMILES string of the molecule is CC(=O)N(Cc1cc(CCC(C)C)ccc1C(=O)c1ccccc1)c1ccc(C)cc1. The van der Waals surface area contributed by atoms with Crippen molar-refractivity contribution in [3.8, 4) is 0 Å². The Kier molecular flexibility index (Phi) is 7.41. The van der Waals surface area contributed by atoms with Crippen LogP contribution in [-0.4, -0.2) is 11.7 Å². The lowest BCUT2D eigenvalue weighted by Gasteiger charge is -2.23. The highest BCUT2D eigenvalue weighted by Crippen LogP contribution is 2.24. The minimum atomic E-state index is -0.0467. The lowest BCUT2D eigenvalue weighted by Crippen LogP contribution is -2.28. The molecule has 3 aromatic carbocycles. The predicted octanol–water partition coefficient (Wildman–Crippen LogP) is 6.37. The van der Waals surface area contributed by atoms with E-state index in [1.807, 2.05) is 73.7 Å². The number of anilines is 1. The number of aryl methyl sites for hydroxylation is 2. The summed E-state index contributed by atoms with van der Waals surface area (Å²) in [7, 11) is 0. The second-order valence-corrected chi connectivity index (χ2v) is 8.56. The second kappa shape index (κ2) is 10.2. The Morgan fingerprint density at radius 2 is 1.58 bits per heavy atom. The van der Waals surface area contributed by atoms with Gasteiger partial charge in [-0.2, -0.15) is 0 Å². The van der Waals surface area contributed by atoms with E-state index >= 15 is 0 Å². The number of hydrogen-bond donors (Lipinski definition) is 0.